The minimum atomic E-state index is -1.02. The molecule has 0 bridgehead atoms. The fourth-order valence-electron chi connectivity index (χ4n) is 1.68. The summed E-state index contributed by atoms with van der Waals surface area (Å²) >= 11 is 0. The first kappa shape index (κ1) is 13.6. The smallest absolute Gasteiger partial charge is 0.328 e. The van der Waals surface area contributed by atoms with E-state index in [-0.39, 0.29) is 11.7 Å². The van der Waals surface area contributed by atoms with Crippen molar-refractivity contribution in [1.82, 2.24) is 0 Å². The largest absolute Gasteiger partial charge is 0.478 e. The molecule has 5 nitrogen and oxygen atoms in total. The highest BCUT2D eigenvalue weighted by atomic mass is 16.4. The fraction of sp³-hybridized carbons (Fsp3) is 0.0667. The van der Waals surface area contributed by atoms with Crippen molar-refractivity contribution in [2.45, 2.75) is 6.92 Å². The Labute approximate surface area is 115 Å². The average molecular weight is 271 g/mol. The predicted molar refractivity (Wildman–Crippen MR) is 74.5 cm³/mol. The van der Waals surface area contributed by atoms with Crippen LogP contribution in [0.15, 0.2) is 47.1 Å². The van der Waals surface area contributed by atoms with E-state index in [4.69, 9.17) is 9.52 Å². The van der Waals surface area contributed by atoms with Crippen molar-refractivity contribution in [1.29, 1.82) is 0 Å². The number of furan rings is 1. The van der Waals surface area contributed by atoms with Crippen molar-refractivity contribution in [3.63, 3.8) is 0 Å². The number of rotatable bonds is 4. The summed E-state index contributed by atoms with van der Waals surface area (Å²) in [5.41, 5.74) is 2.00. The summed E-state index contributed by atoms with van der Waals surface area (Å²) in [6, 6.07) is 8.57. The molecule has 102 valence electrons. The molecule has 1 aromatic carbocycles. The summed E-state index contributed by atoms with van der Waals surface area (Å²) in [5, 5.41) is 11.3. The van der Waals surface area contributed by atoms with Gasteiger partial charge in [0.15, 0.2) is 5.76 Å². The number of aliphatic carboxylic acids is 1. The Morgan fingerprint density at radius 3 is 2.75 bits per heavy atom. The molecule has 0 saturated heterocycles. The van der Waals surface area contributed by atoms with Gasteiger partial charge in [0.25, 0.3) is 5.91 Å². The van der Waals surface area contributed by atoms with Gasteiger partial charge >= 0.3 is 5.97 Å². The van der Waals surface area contributed by atoms with Gasteiger partial charge < -0.3 is 14.8 Å². The number of carboxylic acids is 1. The lowest BCUT2D eigenvalue weighted by molar-refractivity contribution is -0.131. The van der Waals surface area contributed by atoms with E-state index in [0.29, 0.717) is 11.3 Å². The van der Waals surface area contributed by atoms with E-state index >= 15 is 0 Å². The molecule has 0 radical (unpaired) electrons. The third kappa shape index (κ3) is 3.35. The van der Waals surface area contributed by atoms with Crippen molar-refractivity contribution in [3.05, 3.63) is 59.6 Å². The molecule has 0 fully saturated rings. The molecule has 20 heavy (non-hydrogen) atoms. The first-order valence-electron chi connectivity index (χ1n) is 5.93. The van der Waals surface area contributed by atoms with Crippen molar-refractivity contribution >= 4 is 23.6 Å². The van der Waals surface area contributed by atoms with Crippen LogP contribution in [0.2, 0.25) is 0 Å². The second-order valence-corrected chi connectivity index (χ2v) is 4.18. The number of carbonyl (C=O) groups is 2. The number of carboxylic acid groups (broad SMARTS) is 1. The van der Waals surface area contributed by atoms with Gasteiger partial charge in [-0.15, -0.1) is 0 Å². The van der Waals surface area contributed by atoms with Gasteiger partial charge in [0.2, 0.25) is 0 Å². The maximum absolute atomic E-state index is 12.0. The zero-order valence-electron chi connectivity index (χ0n) is 10.8. The number of anilines is 1. The second-order valence-electron chi connectivity index (χ2n) is 4.18. The SMILES string of the molecule is Cc1ccoc1C(=O)Nc1cccc(/C=C/C(=O)O)c1. The van der Waals surface area contributed by atoms with Gasteiger partial charge in [-0.3, -0.25) is 4.79 Å². The van der Waals surface area contributed by atoms with E-state index in [9.17, 15) is 9.59 Å². The van der Waals surface area contributed by atoms with Gasteiger partial charge in [-0.1, -0.05) is 12.1 Å². The number of hydrogen-bond acceptors (Lipinski definition) is 3. The zero-order chi connectivity index (χ0) is 14.5. The third-order valence-corrected chi connectivity index (χ3v) is 2.63. The average Bonchev–Trinajstić information content (AvgIpc) is 2.83. The molecule has 0 spiro atoms. The molecule has 0 atom stereocenters. The first-order chi connectivity index (χ1) is 9.56. The van der Waals surface area contributed by atoms with Crippen molar-refractivity contribution in [2.75, 3.05) is 5.32 Å². The molecule has 1 amide bonds. The Morgan fingerprint density at radius 2 is 2.10 bits per heavy atom. The minimum Gasteiger partial charge on any atom is -0.478 e. The van der Waals surface area contributed by atoms with E-state index in [2.05, 4.69) is 5.32 Å². The van der Waals surface area contributed by atoms with Crippen LogP contribution in [0.1, 0.15) is 21.7 Å². The van der Waals surface area contributed by atoms with Gasteiger partial charge in [-0.25, -0.2) is 4.79 Å². The Morgan fingerprint density at radius 1 is 1.30 bits per heavy atom. The highest BCUT2D eigenvalue weighted by molar-refractivity contribution is 6.03. The monoisotopic (exact) mass is 271 g/mol. The maximum Gasteiger partial charge on any atom is 0.328 e. The number of amides is 1. The molecule has 5 heteroatoms. The Balaban J connectivity index is 2.14. The lowest BCUT2D eigenvalue weighted by Crippen LogP contribution is -2.12. The van der Waals surface area contributed by atoms with E-state index in [1.165, 1.54) is 12.3 Å². The Bertz CT molecular complexity index is 670. The quantitative estimate of drug-likeness (QED) is 0.838. The Hall–Kier alpha value is -2.82. The van der Waals surface area contributed by atoms with Crippen LogP contribution in [0.4, 0.5) is 5.69 Å². The first-order valence-corrected chi connectivity index (χ1v) is 5.93. The summed E-state index contributed by atoms with van der Waals surface area (Å²) in [7, 11) is 0. The van der Waals surface area contributed by atoms with Crippen LogP contribution in [-0.4, -0.2) is 17.0 Å². The molecule has 1 heterocycles. The number of aryl methyl sites for hydroxylation is 1. The topological polar surface area (TPSA) is 79.5 Å². The normalized spacial score (nSPS) is 10.7. The number of carbonyl (C=O) groups excluding carboxylic acids is 1. The molecule has 2 N–H and O–H groups in total. The Kier molecular flexibility index (Phi) is 4.00. The molecule has 0 aliphatic carbocycles. The molecular weight excluding hydrogens is 258 g/mol. The maximum atomic E-state index is 12.0. The number of benzene rings is 1. The molecule has 2 rings (SSSR count). The molecule has 0 saturated carbocycles. The van der Waals surface area contributed by atoms with E-state index < -0.39 is 5.97 Å². The van der Waals surface area contributed by atoms with Crippen LogP contribution in [-0.2, 0) is 4.79 Å². The van der Waals surface area contributed by atoms with Gasteiger partial charge in [0.1, 0.15) is 0 Å². The highest BCUT2D eigenvalue weighted by Gasteiger charge is 2.12. The summed E-state index contributed by atoms with van der Waals surface area (Å²) in [4.78, 5) is 22.4. The predicted octanol–water partition coefficient (Wildman–Crippen LogP) is 2.94. The second kappa shape index (κ2) is 5.88. The van der Waals surface area contributed by atoms with E-state index in [0.717, 1.165) is 11.6 Å². The van der Waals surface area contributed by atoms with Crippen LogP contribution in [0.5, 0.6) is 0 Å². The minimum absolute atomic E-state index is 0.261. The van der Waals surface area contributed by atoms with Crippen LogP contribution < -0.4 is 5.32 Å². The molecular formula is C15H13NO4. The number of hydrogen-bond donors (Lipinski definition) is 2. The molecule has 0 aliphatic heterocycles. The van der Waals surface area contributed by atoms with Crippen LogP contribution in [0.3, 0.4) is 0 Å². The van der Waals surface area contributed by atoms with Gasteiger partial charge in [-0.05, 0) is 36.8 Å². The summed E-state index contributed by atoms with van der Waals surface area (Å²) in [6.45, 7) is 1.78. The lowest BCUT2D eigenvalue weighted by atomic mass is 10.2. The molecule has 0 unspecified atom stereocenters. The highest BCUT2D eigenvalue weighted by Crippen LogP contribution is 2.15. The van der Waals surface area contributed by atoms with Gasteiger partial charge in [0.05, 0.1) is 6.26 Å². The lowest BCUT2D eigenvalue weighted by Gasteiger charge is -2.04. The van der Waals surface area contributed by atoms with E-state index in [1.54, 1.807) is 37.3 Å². The summed E-state index contributed by atoms with van der Waals surface area (Å²) in [5.74, 6) is -1.10. The van der Waals surface area contributed by atoms with Gasteiger partial charge in [0, 0.05) is 17.3 Å². The van der Waals surface area contributed by atoms with Crippen molar-refractivity contribution in [2.24, 2.45) is 0 Å². The van der Waals surface area contributed by atoms with E-state index in [1.807, 2.05) is 0 Å². The third-order valence-electron chi connectivity index (χ3n) is 2.63. The van der Waals surface area contributed by atoms with Crippen LogP contribution in [0.25, 0.3) is 6.08 Å². The number of nitrogens with one attached hydrogen (secondary N) is 1. The summed E-state index contributed by atoms with van der Waals surface area (Å²) in [6.07, 6.45) is 3.95. The summed E-state index contributed by atoms with van der Waals surface area (Å²) < 4.78 is 5.10. The fourth-order valence-corrected chi connectivity index (χ4v) is 1.68. The molecule has 1 aromatic heterocycles. The van der Waals surface area contributed by atoms with Crippen molar-refractivity contribution < 1.29 is 19.1 Å². The molecule has 2 aromatic rings. The standard InChI is InChI=1S/C15H13NO4/c1-10-7-8-20-14(10)15(19)16-12-4-2-3-11(9-12)5-6-13(17)18/h2-9H,1H3,(H,16,19)(H,17,18)/b6-5+. The van der Waals surface area contributed by atoms with Crippen LogP contribution in [0, 0.1) is 6.92 Å². The van der Waals surface area contributed by atoms with Crippen LogP contribution >= 0.6 is 0 Å². The molecule has 0 aliphatic rings. The van der Waals surface area contributed by atoms with Crippen molar-refractivity contribution in [3.8, 4) is 0 Å². The zero-order valence-corrected chi connectivity index (χ0v) is 10.8. The van der Waals surface area contributed by atoms with Gasteiger partial charge in [-0.2, -0.15) is 0 Å².